The lowest BCUT2D eigenvalue weighted by Gasteiger charge is -2.38. The van der Waals surface area contributed by atoms with Gasteiger partial charge in [-0.15, -0.1) is 5.10 Å². The monoisotopic (exact) mass is 401 g/mol. The summed E-state index contributed by atoms with van der Waals surface area (Å²) >= 11 is 0. The highest BCUT2D eigenvalue weighted by Crippen LogP contribution is 2.28. The summed E-state index contributed by atoms with van der Waals surface area (Å²) in [5.74, 6) is 2.05. The van der Waals surface area contributed by atoms with E-state index in [1.807, 2.05) is 59.5 Å². The van der Waals surface area contributed by atoms with Crippen LogP contribution in [-0.2, 0) is 11.8 Å². The molecule has 5 rings (SSSR count). The molecular weight excluding hydrogens is 382 g/mol. The second-order valence-corrected chi connectivity index (χ2v) is 7.11. The molecule has 2 aromatic carbocycles. The number of anilines is 2. The van der Waals surface area contributed by atoms with Crippen molar-refractivity contribution in [2.45, 2.75) is 0 Å². The molecule has 0 bridgehead atoms. The quantitative estimate of drug-likeness (QED) is 0.549. The zero-order valence-corrected chi connectivity index (χ0v) is 16.3. The molecule has 1 N–H and O–H groups in total. The summed E-state index contributed by atoms with van der Waals surface area (Å²) in [6.07, 6.45) is 1.49. The maximum absolute atomic E-state index is 12.6. The van der Waals surface area contributed by atoms with Gasteiger partial charge in [0.05, 0.1) is 5.92 Å². The molecule has 0 radical (unpaired) electrons. The molecule has 9 nitrogen and oxygen atoms in total. The maximum Gasteiger partial charge on any atom is 0.231 e. The van der Waals surface area contributed by atoms with Crippen molar-refractivity contribution >= 4 is 28.6 Å². The van der Waals surface area contributed by atoms with E-state index < -0.39 is 0 Å². The highest BCUT2D eigenvalue weighted by Gasteiger charge is 2.35. The first kappa shape index (κ1) is 18.0. The third kappa shape index (κ3) is 3.41. The van der Waals surface area contributed by atoms with E-state index in [9.17, 15) is 4.79 Å². The number of hydrogen-bond donors (Lipinski definition) is 1. The number of nitrogens with zero attached hydrogens (tertiary/aromatic N) is 6. The van der Waals surface area contributed by atoms with Gasteiger partial charge in [-0.25, -0.2) is 14.6 Å². The number of aromatic nitrogens is 5. The van der Waals surface area contributed by atoms with Crippen molar-refractivity contribution in [3.63, 3.8) is 0 Å². The van der Waals surface area contributed by atoms with Gasteiger partial charge in [0.15, 0.2) is 17.0 Å². The molecule has 1 amide bonds. The van der Waals surface area contributed by atoms with Gasteiger partial charge in [-0.2, -0.15) is 0 Å². The Labute approximate surface area is 172 Å². The molecule has 150 valence electrons. The normalized spacial score (nSPS) is 13.8. The zero-order valence-electron chi connectivity index (χ0n) is 16.3. The minimum Gasteiger partial charge on any atom is -0.457 e. The van der Waals surface area contributed by atoms with E-state index >= 15 is 0 Å². The van der Waals surface area contributed by atoms with Gasteiger partial charge < -0.3 is 15.0 Å². The molecule has 9 heteroatoms. The van der Waals surface area contributed by atoms with Gasteiger partial charge in [0.1, 0.15) is 17.8 Å². The zero-order chi connectivity index (χ0) is 20.5. The van der Waals surface area contributed by atoms with Crippen molar-refractivity contribution in [1.29, 1.82) is 0 Å². The van der Waals surface area contributed by atoms with Crippen LogP contribution in [0.4, 0.5) is 11.5 Å². The SMILES string of the molecule is Cn1nnc2c(N3CC(C(=O)Nc4ccc(Oc5ccccc5)cc4)C3)ncnc21. The second-order valence-electron chi connectivity index (χ2n) is 7.11. The molecule has 1 aliphatic rings. The topological polar surface area (TPSA) is 98.1 Å². The fraction of sp³-hybridized carbons (Fsp3) is 0.190. The molecule has 30 heavy (non-hydrogen) atoms. The number of nitrogens with one attached hydrogen (secondary N) is 1. The fourth-order valence-corrected chi connectivity index (χ4v) is 3.36. The lowest BCUT2D eigenvalue weighted by atomic mass is 9.99. The van der Waals surface area contributed by atoms with Crippen LogP contribution < -0.4 is 15.0 Å². The first-order chi connectivity index (χ1) is 14.7. The number of rotatable bonds is 5. The third-order valence-electron chi connectivity index (χ3n) is 5.02. The van der Waals surface area contributed by atoms with Gasteiger partial charge in [0, 0.05) is 25.8 Å². The third-order valence-corrected chi connectivity index (χ3v) is 5.02. The lowest BCUT2D eigenvalue weighted by Crippen LogP contribution is -2.52. The van der Waals surface area contributed by atoms with Crippen molar-refractivity contribution in [3.05, 3.63) is 60.9 Å². The van der Waals surface area contributed by atoms with Crippen molar-refractivity contribution < 1.29 is 9.53 Å². The average Bonchev–Trinajstić information content (AvgIpc) is 3.11. The van der Waals surface area contributed by atoms with Gasteiger partial charge in [-0.1, -0.05) is 23.4 Å². The van der Waals surface area contributed by atoms with Crippen LogP contribution in [0.5, 0.6) is 11.5 Å². The second kappa shape index (κ2) is 7.43. The largest absolute Gasteiger partial charge is 0.457 e. The summed E-state index contributed by atoms with van der Waals surface area (Å²) in [6.45, 7) is 1.15. The van der Waals surface area contributed by atoms with E-state index in [1.165, 1.54) is 6.33 Å². The number of ether oxygens (including phenoxy) is 1. The number of carbonyl (C=O) groups excluding carboxylic acids is 1. The van der Waals surface area contributed by atoms with Crippen molar-refractivity contribution in [1.82, 2.24) is 25.0 Å². The van der Waals surface area contributed by atoms with Gasteiger partial charge in [-0.3, -0.25) is 4.79 Å². The number of carbonyl (C=O) groups is 1. The summed E-state index contributed by atoms with van der Waals surface area (Å²) in [5.41, 5.74) is 2.05. The first-order valence-electron chi connectivity index (χ1n) is 9.56. The fourth-order valence-electron chi connectivity index (χ4n) is 3.36. The summed E-state index contributed by atoms with van der Waals surface area (Å²) in [6, 6.07) is 16.9. The van der Waals surface area contributed by atoms with Crippen LogP contribution in [-0.4, -0.2) is 44.0 Å². The molecule has 0 unspecified atom stereocenters. The minimum absolute atomic E-state index is 0.0209. The van der Waals surface area contributed by atoms with Crippen LogP contribution in [0, 0.1) is 5.92 Å². The van der Waals surface area contributed by atoms with Crippen molar-refractivity contribution in [2.24, 2.45) is 13.0 Å². The Morgan fingerprint density at radius 2 is 1.77 bits per heavy atom. The Morgan fingerprint density at radius 3 is 2.53 bits per heavy atom. The Morgan fingerprint density at radius 1 is 1.03 bits per heavy atom. The summed E-state index contributed by atoms with van der Waals surface area (Å²) in [7, 11) is 1.79. The number of fused-ring (bicyclic) bond motifs is 1. The van der Waals surface area contributed by atoms with E-state index in [1.54, 1.807) is 11.7 Å². The number of hydrogen-bond acceptors (Lipinski definition) is 7. The summed E-state index contributed by atoms with van der Waals surface area (Å²) < 4.78 is 7.38. The van der Waals surface area contributed by atoms with Crippen LogP contribution in [0.1, 0.15) is 0 Å². The van der Waals surface area contributed by atoms with Crippen LogP contribution in [0.2, 0.25) is 0 Å². The predicted molar refractivity (Wildman–Crippen MR) is 111 cm³/mol. The summed E-state index contributed by atoms with van der Waals surface area (Å²) in [4.78, 5) is 23.1. The molecule has 4 aromatic rings. The number of amides is 1. The molecule has 2 aromatic heterocycles. The predicted octanol–water partition coefficient (Wildman–Crippen LogP) is 2.63. The Bertz CT molecular complexity index is 1190. The van der Waals surface area contributed by atoms with Gasteiger partial charge >= 0.3 is 0 Å². The van der Waals surface area contributed by atoms with Crippen LogP contribution in [0.25, 0.3) is 11.2 Å². The Balaban J connectivity index is 1.19. The number of aryl methyl sites for hydroxylation is 1. The van der Waals surface area contributed by atoms with Gasteiger partial charge in [0.2, 0.25) is 5.91 Å². The van der Waals surface area contributed by atoms with Crippen LogP contribution in [0.15, 0.2) is 60.9 Å². The number of benzene rings is 2. The first-order valence-corrected chi connectivity index (χ1v) is 9.56. The van der Waals surface area contributed by atoms with Crippen LogP contribution >= 0.6 is 0 Å². The van der Waals surface area contributed by atoms with E-state index in [0.717, 1.165) is 11.4 Å². The van der Waals surface area contributed by atoms with E-state index in [-0.39, 0.29) is 11.8 Å². The molecular formula is C21H19N7O2. The van der Waals surface area contributed by atoms with Crippen LogP contribution in [0.3, 0.4) is 0 Å². The highest BCUT2D eigenvalue weighted by atomic mass is 16.5. The summed E-state index contributed by atoms with van der Waals surface area (Å²) in [5, 5.41) is 11.1. The number of para-hydroxylation sites is 1. The molecule has 1 fully saturated rings. The molecule has 0 aliphatic carbocycles. The van der Waals surface area contributed by atoms with E-state index in [2.05, 4.69) is 25.6 Å². The van der Waals surface area contributed by atoms with E-state index in [4.69, 9.17) is 4.74 Å². The van der Waals surface area contributed by atoms with E-state index in [0.29, 0.717) is 35.8 Å². The minimum atomic E-state index is -0.119. The maximum atomic E-state index is 12.6. The highest BCUT2D eigenvalue weighted by molar-refractivity contribution is 5.95. The molecule has 1 aliphatic heterocycles. The Kier molecular flexibility index (Phi) is 4.47. The standard InChI is InChI=1S/C21H19N7O2/c1-27-19-18(25-26-27)20(23-13-22-19)28-11-14(12-28)21(29)24-15-7-9-17(10-8-15)30-16-5-3-2-4-6-16/h2-10,13-14H,11-12H2,1H3,(H,24,29). The smallest absolute Gasteiger partial charge is 0.231 e. The van der Waals surface area contributed by atoms with Crippen molar-refractivity contribution in [3.8, 4) is 11.5 Å². The average molecular weight is 401 g/mol. The molecule has 0 atom stereocenters. The van der Waals surface area contributed by atoms with Gasteiger partial charge in [-0.05, 0) is 36.4 Å². The molecule has 3 heterocycles. The molecule has 1 saturated heterocycles. The molecule has 0 spiro atoms. The Hall–Kier alpha value is -4.01. The van der Waals surface area contributed by atoms with Crippen molar-refractivity contribution in [2.75, 3.05) is 23.3 Å². The molecule has 0 saturated carbocycles. The lowest BCUT2D eigenvalue weighted by molar-refractivity contribution is -0.120. The van der Waals surface area contributed by atoms with Gasteiger partial charge in [0.25, 0.3) is 0 Å².